The molecular formula is C19H23NO. The molecule has 0 saturated heterocycles. The minimum Gasteiger partial charge on any atom is -0.497 e. The molecule has 0 saturated carbocycles. The van der Waals surface area contributed by atoms with Crippen LogP contribution in [0.3, 0.4) is 0 Å². The molecule has 2 aromatic rings. The van der Waals surface area contributed by atoms with Crippen LogP contribution in [0.1, 0.15) is 25.3 Å². The van der Waals surface area contributed by atoms with E-state index in [0.29, 0.717) is 6.04 Å². The molecule has 21 heavy (non-hydrogen) atoms. The Morgan fingerprint density at radius 3 is 2.86 bits per heavy atom. The molecule has 110 valence electrons. The Morgan fingerprint density at radius 1 is 1.29 bits per heavy atom. The van der Waals surface area contributed by atoms with Crippen LogP contribution in [-0.4, -0.2) is 19.7 Å². The van der Waals surface area contributed by atoms with Gasteiger partial charge in [-0.15, -0.1) is 12.3 Å². The second-order valence-electron chi connectivity index (χ2n) is 5.27. The lowest BCUT2D eigenvalue weighted by Gasteiger charge is -2.17. The molecule has 1 N–H and O–H groups in total. The number of methoxy groups -OCH3 is 1. The lowest BCUT2D eigenvalue weighted by molar-refractivity contribution is 0.415. The van der Waals surface area contributed by atoms with Gasteiger partial charge in [0.1, 0.15) is 5.75 Å². The normalized spacial score (nSPS) is 12.0. The second-order valence-corrected chi connectivity index (χ2v) is 5.27. The van der Waals surface area contributed by atoms with E-state index in [1.54, 1.807) is 7.11 Å². The molecule has 0 fully saturated rings. The number of rotatable bonds is 7. The third-order valence-corrected chi connectivity index (χ3v) is 3.69. The number of nitrogens with one attached hydrogen (secondary N) is 1. The molecule has 0 aliphatic carbocycles. The van der Waals surface area contributed by atoms with Gasteiger partial charge in [-0.2, -0.15) is 0 Å². The van der Waals surface area contributed by atoms with E-state index in [2.05, 4.69) is 48.5 Å². The predicted octanol–water partition coefficient (Wildman–Crippen LogP) is 3.78. The molecule has 0 radical (unpaired) electrons. The number of hydrogen-bond donors (Lipinski definition) is 1. The van der Waals surface area contributed by atoms with Crippen molar-refractivity contribution in [1.29, 1.82) is 0 Å². The van der Waals surface area contributed by atoms with Crippen LogP contribution < -0.4 is 10.1 Å². The van der Waals surface area contributed by atoms with Crippen molar-refractivity contribution < 1.29 is 4.74 Å². The Kier molecular flexibility index (Phi) is 5.66. The Hall–Kier alpha value is -1.98. The van der Waals surface area contributed by atoms with Gasteiger partial charge in [-0.3, -0.25) is 0 Å². The summed E-state index contributed by atoms with van der Waals surface area (Å²) < 4.78 is 5.35. The maximum atomic E-state index is 5.50. The Morgan fingerprint density at radius 2 is 2.14 bits per heavy atom. The summed E-state index contributed by atoms with van der Waals surface area (Å²) in [4.78, 5) is 0. The summed E-state index contributed by atoms with van der Waals surface area (Å²) in [6.07, 6.45) is 8.31. The maximum Gasteiger partial charge on any atom is 0.119 e. The number of terminal acetylenes is 1. The highest BCUT2D eigenvalue weighted by molar-refractivity contribution is 5.87. The number of hydrogen-bond acceptors (Lipinski definition) is 2. The van der Waals surface area contributed by atoms with Crippen molar-refractivity contribution in [3.8, 4) is 18.1 Å². The summed E-state index contributed by atoms with van der Waals surface area (Å²) in [5, 5.41) is 6.02. The van der Waals surface area contributed by atoms with Crippen molar-refractivity contribution in [1.82, 2.24) is 5.32 Å². The molecule has 1 atom stereocenters. The summed E-state index contributed by atoms with van der Waals surface area (Å²) in [6.45, 7) is 3.17. The van der Waals surface area contributed by atoms with Crippen molar-refractivity contribution >= 4 is 10.8 Å². The second kappa shape index (κ2) is 7.71. The van der Waals surface area contributed by atoms with Crippen LogP contribution in [0, 0.1) is 12.3 Å². The molecule has 0 bridgehead atoms. The van der Waals surface area contributed by atoms with Gasteiger partial charge in [0.25, 0.3) is 0 Å². The smallest absolute Gasteiger partial charge is 0.119 e. The summed E-state index contributed by atoms with van der Waals surface area (Å²) in [6, 6.07) is 13.0. The van der Waals surface area contributed by atoms with Crippen molar-refractivity contribution in [2.24, 2.45) is 0 Å². The van der Waals surface area contributed by atoms with E-state index in [1.165, 1.54) is 16.3 Å². The molecule has 1 unspecified atom stereocenters. The maximum absolute atomic E-state index is 5.50. The minimum absolute atomic E-state index is 0.326. The minimum atomic E-state index is 0.326. The van der Waals surface area contributed by atoms with Crippen molar-refractivity contribution in [3.05, 3.63) is 42.0 Å². The van der Waals surface area contributed by atoms with Crippen molar-refractivity contribution in [3.63, 3.8) is 0 Å². The van der Waals surface area contributed by atoms with Crippen molar-refractivity contribution in [2.45, 2.75) is 32.2 Å². The molecule has 0 amide bonds. The average molecular weight is 281 g/mol. The monoisotopic (exact) mass is 281 g/mol. The van der Waals surface area contributed by atoms with Gasteiger partial charge in [-0.25, -0.2) is 0 Å². The molecule has 0 spiro atoms. The predicted molar refractivity (Wildman–Crippen MR) is 89.7 cm³/mol. The van der Waals surface area contributed by atoms with E-state index in [1.807, 2.05) is 6.07 Å². The average Bonchev–Trinajstić information content (AvgIpc) is 2.52. The zero-order chi connectivity index (χ0) is 15.1. The zero-order valence-corrected chi connectivity index (χ0v) is 12.9. The molecule has 0 aliphatic rings. The van der Waals surface area contributed by atoms with Gasteiger partial charge in [0.2, 0.25) is 0 Å². The van der Waals surface area contributed by atoms with Gasteiger partial charge < -0.3 is 10.1 Å². The van der Waals surface area contributed by atoms with E-state index in [0.717, 1.165) is 31.6 Å². The van der Waals surface area contributed by atoms with E-state index >= 15 is 0 Å². The number of ether oxygens (including phenoxy) is 1. The summed E-state index contributed by atoms with van der Waals surface area (Å²) in [5.74, 6) is 3.67. The summed E-state index contributed by atoms with van der Waals surface area (Å²) in [5.41, 5.74) is 1.32. The quantitative estimate of drug-likeness (QED) is 0.780. The highest BCUT2D eigenvalue weighted by Crippen LogP contribution is 2.25. The number of fused-ring (bicyclic) bond motifs is 1. The molecule has 2 heteroatoms. The van der Waals surface area contributed by atoms with Gasteiger partial charge in [0.05, 0.1) is 7.11 Å². The molecule has 2 aromatic carbocycles. The highest BCUT2D eigenvalue weighted by Gasteiger charge is 2.10. The zero-order valence-electron chi connectivity index (χ0n) is 12.9. The first-order chi connectivity index (χ1) is 10.3. The SMILES string of the molecule is C#CCC(Cc1cccc2ccc(OC)cc12)NCCC. The summed E-state index contributed by atoms with van der Waals surface area (Å²) >= 11 is 0. The molecule has 0 aromatic heterocycles. The van der Waals surface area contributed by atoms with Crippen LogP contribution >= 0.6 is 0 Å². The van der Waals surface area contributed by atoms with E-state index in [4.69, 9.17) is 11.2 Å². The van der Waals surface area contributed by atoms with Crippen LogP contribution in [0.5, 0.6) is 5.75 Å². The lowest BCUT2D eigenvalue weighted by atomic mass is 9.97. The first-order valence-corrected chi connectivity index (χ1v) is 7.51. The first kappa shape index (κ1) is 15.4. The third kappa shape index (κ3) is 4.00. The van der Waals surface area contributed by atoms with Crippen LogP contribution in [0.15, 0.2) is 36.4 Å². The lowest BCUT2D eigenvalue weighted by Crippen LogP contribution is -2.31. The van der Waals surface area contributed by atoms with Crippen LogP contribution in [0.2, 0.25) is 0 Å². The topological polar surface area (TPSA) is 21.3 Å². The largest absolute Gasteiger partial charge is 0.497 e. The fraction of sp³-hybridized carbons (Fsp3) is 0.368. The molecule has 2 nitrogen and oxygen atoms in total. The van der Waals surface area contributed by atoms with Gasteiger partial charge in [-0.05, 0) is 47.9 Å². The Bertz CT molecular complexity index is 627. The van der Waals surface area contributed by atoms with E-state index < -0.39 is 0 Å². The fourth-order valence-corrected chi connectivity index (χ4v) is 2.59. The number of benzene rings is 2. The third-order valence-electron chi connectivity index (χ3n) is 3.69. The molecule has 0 heterocycles. The van der Waals surface area contributed by atoms with Crippen LogP contribution in [0.25, 0.3) is 10.8 Å². The van der Waals surface area contributed by atoms with Gasteiger partial charge in [0, 0.05) is 12.5 Å². The highest BCUT2D eigenvalue weighted by atomic mass is 16.5. The van der Waals surface area contributed by atoms with Gasteiger partial charge in [0.15, 0.2) is 0 Å². The Labute approximate surface area is 127 Å². The molecular weight excluding hydrogens is 258 g/mol. The van der Waals surface area contributed by atoms with Crippen LogP contribution in [-0.2, 0) is 6.42 Å². The van der Waals surface area contributed by atoms with E-state index in [-0.39, 0.29) is 0 Å². The first-order valence-electron chi connectivity index (χ1n) is 7.51. The van der Waals surface area contributed by atoms with Gasteiger partial charge in [-0.1, -0.05) is 31.2 Å². The van der Waals surface area contributed by atoms with Crippen molar-refractivity contribution in [2.75, 3.05) is 13.7 Å². The van der Waals surface area contributed by atoms with Crippen LogP contribution in [0.4, 0.5) is 0 Å². The summed E-state index contributed by atoms with van der Waals surface area (Å²) in [7, 11) is 1.70. The van der Waals surface area contributed by atoms with Gasteiger partial charge >= 0.3 is 0 Å². The molecule has 0 aliphatic heterocycles. The molecule has 2 rings (SSSR count). The standard InChI is InChI=1S/C19H23NO/c1-4-7-17(20-12-5-2)13-16-9-6-8-15-10-11-18(21-3)14-19(15)16/h1,6,8-11,14,17,20H,5,7,12-13H2,2-3H3. The van der Waals surface area contributed by atoms with E-state index in [9.17, 15) is 0 Å². The fourth-order valence-electron chi connectivity index (χ4n) is 2.59. The Balaban J connectivity index is 2.29.